The van der Waals surface area contributed by atoms with Gasteiger partial charge in [0.05, 0.1) is 6.54 Å². The minimum Gasteiger partial charge on any atom is -0.338 e. The summed E-state index contributed by atoms with van der Waals surface area (Å²) in [5.74, 6) is 0.736. The summed E-state index contributed by atoms with van der Waals surface area (Å²) in [5.41, 5.74) is 3.89. The number of anilines is 1. The van der Waals surface area contributed by atoms with Crippen molar-refractivity contribution in [3.05, 3.63) is 41.5 Å². The van der Waals surface area contributed by atoms with Gasteiger partial charge < -0.3 is 10.2 Å². The SMILES string of the molecule is C[C@@H]1CC(C)(C)N(C(=O)C[NH2+]CCC2=CCCCC2)c2ccccc21. The van der Waals surface area contributed by atoms with E-state index in [2.05, 4.69) is 55.3 Å². The van der Waals surface area contributed by atoms with Crippen molar-refractivity contribution in [2.45, 2.75) is 70.8 Å². The van der Waals surface area contributed by atoms with Gasteiger partial charge in [0, 0.05) is 17.6 Å². The lowest BCUT2D eigenvalue weighted by Gasteiger charge is -2.45. The number of rotatable bonds is 5. The predicted molar refractivity (Wildman–Crippen MR) is 104 cm³/mol. The first kappa shape index (κ1) is 18.2. The van der Waals surface area contributed by atoms with Crippen LogP contribution in [0.1, 0.15) is 70.8 Å². The third-order valence-corrected chi connectivity index (χ3v) is 5.74. The molecule has 0 saturated heterocycles. The number of benzene rings is 1. The van der Waals surface area contributed by atoms with Gasteiger partial charge in [-0.2, -0.15) is 0 Å². The van der Waals surface area contributed by atoms with Gasteiger partial charge in [0.1, 0.15) is 0 Å². The first-order valence-corrected chi connectivity index (χ1v) is 9.90. The smallest absolute Gasteiger partial charge is 0.282 e. The second-order valence-corrected chi connectivity index (χ2v) is 8.35. The molecule has 2 N–H and O–H groups in total. The molecule has 3 rings (SSSR count). The van der Waals surface area contributed by atoms with Gasteiger partial charge in [-0.25, -0.2) is 0 Å². The van der Waals surface area contributed by atoms with Crippen molar-refractivity contribution in [2.24, 2.45) is 0 Å². The zero-order chi connectivity index (χ0) is 17.9. The Bertz CT molecular complexity index is 647. The van der Waals surface area contributed by atoms with Crippen molar-refractivity contribution in [1.29, 1.82) is 0 Å². The van der Waals surface area contributed by atoms with E-state index in [0.29, 0.717) is 12.5 Å². The Balaban J connectivity index is 1.62. The van der Waals surface area contributed by atoms with Crippen LogP contribution in [0.2, 0.25) is 0 Å². The fraction of sp³-hybridized carbons (Fsp3) is 0.591. The van der Waals surface area contributed by atoms with Crippen molar-refractivity contribution in [3.63, 3.8) is 0 Å². The number of carbonyl (C=O) groups excluding carboxylic acids is 1. The van der Waals surface area contributed by atoms with Gasteiger partial charge in [0.25, 0.3) is 5.91 Å². The van der Waals surface area contributed by atoms with Gasteiger partial charge in [0.2, 0.25) is 0 Å². The Morgan fingerprint density at radius 1 is 1.28 bits per heavy atom. The Morgan fingerprint density at radius 3 is 2.84 bits per heavy atom. The fourth-order valence-electron chi connectivity index (χ4n) is 4.59. The topological polar surface area (TPSA) is 36.9 Å². The van der Waals surface area contributed by atoms with Crippen molar-refractivity contribution in [1.82, 2.24) is 0 Å². The zero-order valence-electron chi connectivity index (χ0n) is 16.1. The minimum absolute atomic E-state index is 0.120. The van der Waals surface area contributed by atoms with E-state index in [1.165, 1.54) is 31.2 Å². The number of allylic oxidation sites excluding steroid dienone is 1. The number of hydrogen-bond donors (Lipinski definition) is 1. The van der Waals surface area contributed by atoms with Crippen LogP contribution in [0.25, 0.3) is 0 Å². The van der Waals surface area contributed by atoms with Gasteiger partial charge >= 0.3 is 0 Å². The van der Waals surface area contributed by atoms with Crippen LogP contribution in [0.15, 0.2) is 35.9 Å². The normalized spacial score (nSPS) is 22.3. The molecular formula is C22H33N2O+. The van der Waals surface area contributed by atoms with Crippen LogP contribution < -0.4 is 10.2 Å². The van der Waals surface area contributed by atoms with E-state index in [4.69, 9.17) is 0 Å². The average molecular weight is 342 g/mol. The van der Waals surface area contributed by atoms with Crippen LogP contribution in [0.5, 0.6) is 0 Å². The summed E-state index contributed by atoms with van der Waals surface area (Å²) in [6, 6.07) is 8.42. The van der Waals surface area contributed by atoms with Crippen LogP contribution >= 0.6 is 0 Å². The molecule has 25 heavy (non-hydrogen) atoms. The summed E-state index contributed by atoms with van der Waals surface area (Å²) in [6.07, 6.45) is 9.73. The van der Waals surface area contributed by atoms with Crippen LogP contribution in [0, 0.1) is 0 Å². The number of para-hydroxylation sites is 1. The molecule has 0 aromatic heterocycles. The van der Waals surface area contributed by atoms with Gasteiger partial charge in [-0.3, -0.25) is 4.79 Å². The standard InChI is InChI=1S/C22H32N2O/c1-17-15-22(2,3)24(20-12-8-7-11-19(17)20)21(25)16-23-14-13-18-9-5-4-6-10-18/h7-9,11-12,17,23H,4-6,10,13-16H2,1-3H3/p+1/t17-/m1/s1. The van der Waals surface area contributed by atoms with E-state index in [0.717, 1.165) is 25.1 Å². The van der Waals surface area contributed by atoms with Gasteiger partial charge in [-0.1, -0.05) is 36.8 Å². The summed E-state index contributed by atoms with van der Waals surface area (Å²) < 4.78 is 0. The summed E-state index contributed by atoms with van der Waals surface area (Å²) >= 11 is 0. The zero-order valence-corrected chi connectivity index (χ0v) is 16.1. The molecule has 1 heterocycles. The maximum absolute atomic E-state index is 13.0. The largest absolute Gasteiger partial charge is 0.338 e. The molecule has 1 atom stereocenters. The molecule has 1 aliphatic heterocycles. The molecule has 1 aliphatic carbocycles. The minimum atomic E-state index is -0.120. The predicted octanol–water partition coefficient (Wildman–Crippen LogP) is 3.76. The number of amides is 1. The second kappa shape index (κ2) is 7.74. The van der Waals surface area contributed by atoms with E-state index in [1.54, 1.807) is 5.57 Å². The highest BCUT2D eigenvalue weighted by Crippen LogP contribution is 2.42. The van der Waals surface area contributed by atoms with Crippen LogP contribution in [-0.4, -0.2) is 24.5 Å². The molecular weight excluding hydrogens is 308 g/mol. The third kappa shape index (κ3) is 4.14. The number of nitrogens with two attached hydrogens (primary N) is 1. The van der Waals surface area contributed by atoms with E-state index in [1.807, 2.05) is 6.07 Å². The van der Waals surface area contributed by atoms with E-state index >= 15 is 0 Å². The maximum Gasteiger partial charge on any atom is 0.282 e. The summed E-state index contributed by atoms with van der Waals surface area (Å²) in [6.45, 7) is 8.23. The maximum atomic E-state index is 13.0. The third-order valence-electron chi connectivity index (χ3n) is 5.74. The molecule has 0 spiro atoms. The Kier molecular flexibility index (Phi) is 5.63. The molecule has 0 unspecified atom stereocenters. The molecule has 3 nitrogen and oxygen atoms in total. The number of fused-ring (bicyclic) bond motifs is 1. The molecule has 1 aromatic rings. The molecule has 0 radical (unpaired) electrons. The molecule has 0 fully saturated rings. The number of carbonyl (C=O) groups is 1. The molecule has 136 valence electrons. The van der Waals surface area contributed by atoms with Crippen LogP contribution in [0.3, 0.4) is 0 Å². The number of nitrogens with zero attached hydrogens (tertiary/aromatic N) is 1. The second-order valence-electron chi connectivity index (χ2n) is 8.35. The molecule has 0 saturated carbocycles. The van der Waals surface area contributed by atoms with Crippen LogP contribution in [0.4, 0.5) is 5.69 Å². The lowest BCUT2D eigenvalue weighted by molar-refractivity contribution is -0.643. The summed E-state index contributed by atoms with van der Waals surface area (Å²) in [4.78, 5) is 15.1. The molecule has 1 amide bonds. The number of quaternary nitrogens is 1. The first-order chi connectivity index (χ1) is 12.0. The number of hydrogen-bond acceptors (Lipinski definition) is 1. The monoisotopic (exact) mass is 341 g/mol. The van der Waals surface area contributed by atoms with E-state index < -0.39 is 0 Å². The Labute approximate surface area is 152 Å². The summed E-state index contributed by atoms with van der Waals surface area (Å²) in [5, 5.41) is 2.19. The summed E-state index contributed by atoms with van der Waals surface area (Å²) in [7, 11) is 0. The van der Waals surface area contributed by atoms with Crippen molar-refractivity contribution >= 4 is 11.6 Å². The first-order valence-electron chi connectivity index (χ1n) is 9.90. The van der Waals surface area contributed by atoms with Gasteiger partial charge in [-0.15, -0.1) is 0 Å². The highest BCUT2D eigenvalue weighted by atomic mass is 16.2. The van der Waals surface area contributed by atoms with Crippen molar-refractivity contribution in [2.75, 3.05) is 18.0 Å². The highest BCUT2D eigenvalue weighted by molar-refractivity contribution is 5.96. The average Bonchev–Trinajstić information content (AvgIpc) is 2.59. The molecule has 0 bridgehead atoms. The van der Waals surface area contributed by atoms with E-state index in [9.17, 15) is 4.79 Å². The van der Waals surface area contributed by atoms with Crippen molar-refractivity contribution in [3.8, 4) is 0 Å². The lowest BCUT2D eigenvalue weighted by Crippen LogP contribution is -2.87. The molecule has 2 aliphatic rings. The molecule has 3 heteroatoms. The quantitative estimate of drug-likeness (QED) is 0.642. The van der Waals surface area contributed by atoms with Crippen LogP contribution in [-0.2, 0) is 4.79 Å². The lowest BCUT2D eigenvalue weighted by atomic mass is 9.80. The Hall–Kier alpha value is -1.61. The Morgan fingerprint density at radius 2 is 2.08 bits per heavy atom. The van der Waals surface area contributed by atoms with E-state index in [-0.39, 0.29) is 11.4 Å². The van der Waals surface area contributed by atoms with Crippen molar-refractivity contribution < 1.29 is 10.1 Å². The van der Waals surface area contributed by atoms with Gasteiger partial charge in [0.15, 0.2) is 6.54 Å². The highest BCUT2D eigenvalue weighted by Gasteiger charge is 2.39. The fourth-order valence-corrected chi connectivity index (χ4v) is 4.59. The molecule has 1 aromatic carbocycles. The van der Waals surface area contributed by atoms with Gasteiger partial charge in [-0.05, 0) is 63.5 Å².